The first-order valence-corrected chi connectivity index (χ1v) is 4.75. The molecule has 1 saturated carbocycles. The van der Waals surface area contributed by atoms with E-state index < -0.39 is 5.54 Å². The molecule has 0 amide bonds. The minimum Gasteiger partial charge on any atom is -0.467 e. The molecule has 0 bridgehead atoms. The number of nitrogens with zero attached hydrogens (tertiary/aromatic N) is 3. The monoisotopic (exact) mass is 195 g/mol. The number of carbonyl (C=O) groups is 1. The van der Waals surface area contributed by atoms with Gasteiger partial charge in [0.25, 0.3) is 0 Å². The molecule has 0 unspecified atom stereocenters. The first-order chi connectivity index (χ1) is 6.79. The number of carbonyl (C=O) groups excluding carboxylic acids is 1. The van der Waals surface area contributed by atoms with Crippen molar-refractivity contribution in [1.82, 2.24) is 15.0 Å². The van der Waals surface area contributed by atoms with Crippen LogP contribution in [0.2, 0.25) is 0 Å². The highest BCUT2D eigenvalue weighted by atomic mass is 16.5. The van der Waals surface area contributed by atoms with Crippen LogP contribution in [-0.2, 0) is 15.1 Å². The number of methoxy groups -OCH3 is 1. The highest BCUT2D eigenvalue weighted by Gasteiger charge is 2.45. The van der Waals surface area contributed by atoms with Crippen molar-refractivity contribution in [3.05, 3.63) is 12.4 Å². The molecule has 0 atom stereocenters. The average Bonchev–Trinajstić information content (AvgIpc) is 2.86. The van der Waals surface area contributed by atoms with Crippen LogP contribution in [0.5, 0.6) is 0 Å². The predicted molar refractivity (Wildman–Crippen MR) is 48.5 cm³/mol. The van der Waals surface area contributed by atoms with Gasteiger partial charge in [-0.25, -0.2) is 4.79 Å². The first kappa shape index (κ1) is 9.18. The number of hydrogen-bond donors (Lipinski definition) is 0. The van der Waals surface area contributed by atoms with Gasteiger partial charge < -0.3 is 4.74 Å². The summed E-state index contributed by atoms with van der Waals surface area (Å²) in [5.41, 5.74) is -0.641. The van der Waals surface area contributed by atoms with Gasteiger partial charge in [-0.2, -0.15) is 15.0 Å². The van der Waals surface area contributed by atoms with Crippen molar-refractivity contribution in [2.75, 3.05) is 7.11 Å². The normalized spacial score (nSPS) is 19.5. The quantitative estimate of drug-likeness (QED) is 0.652. The summed E-state index contributed by atoms with van der Waals surface area (Å²) in [4.78, 5) is 13.2. The summed E-state index contributed by atoms with van der Waals surface area (Å²) < 4.78 is 4.82. The van der Waals surface area contributed by atoms with E-state index in [1.165, 1.54) is 11.9 Å². The van der Waals surface area contributed by atoms with Crippen molar-refractivity contribution >= 4 is 5.97 Å². The summed E-state index contributed by atoms with van der Waals surface area (Å²) in [6.45, 7) is 0. The van der Waals surface area contributed by atoms with E-state index in [0.717, 1.165) is 25.7 Å². The molecule has 1 heterocycles. The van der Waals surface area contributed by atoms with Gasteiger partial charge in [0.1, 0.15) is 0 Å². The molecule has 0 aliphatic heterocycles. The van der Waals surface area contributed by atoms with E-state index in [2.05, 4.69) is 10.2 Å². The number of ether oxygens (including phenoxy) is 1. The molecule has 0 N–H and O–H groups in total. The van der Waals surface area contributed by atoms with Crippen LogP contribution in [0, 0.1) is 0 Å². The van der Waals surface area contributed by atoms with Crippen molar-refractivity contribution < 1.29 is 9.53 Å². The molecule has 2 rings (SSSR count). The summed E-state index contributed by atoms with van der Waals surface area (Å²) in [7, 11) is 1.41. The Bertz CT molecular complexity index is 315. The Morgan fingerprint density at radius 2 is 1.93 bits per heavy atom. The number of aromatic nitrogens is 3. The van der Waals surface area contributed by atoms with Gasteiger partial charge in [0.05, 0.1) is 19.5 Å². The third kappa shape index (κ3) is 1.20. The molecule has 1 aromatic rings. The molecule has 76 valence electrons. The highest BCUT2D eigenvalue weighted by molar-refractivity contribution is 5.78. The molecule has 1 aromatic heterocycles. The first-order valence-electron chi connectivity index (χ1n) is 4.75. The van der Waals surface area contributed by atoms with E-state index in [4.69, 9.17) is 4.74 Å². The van der Waals surface area contributed by atoms with Gasteiger partial charge >= 0.3 is 5.97 Å². The van der Waals surface area contributed by atoms with Crippen LogP contribution in [0.15, 0.2) is 12.4 Å². The van der Waals surface area contributed by atoms with Crippen molar-refractivity contribution in [1.29, 1.82) is 0 Å². The Morgan fingerprint density at radius 3 is 2.43 bits per heavy atom. The molecule has 0 aromatic carbocycles. The second-order valence-electron chi connectivity index (χ2n) is 3.55. The summed E-state index contributed by atoms with van der Waals surface area (Å²) in [5, 5.41) is 8.09. The molecule has 0 saturated heterocycles. The van der Waals surface area contributed by atoms with Crippen LogP contribution < -0.4 is 0 Å². The zero-order chi connectivity index (χ0) is 10.0. The largest absolute Gasteiger partial charge is 0.467 e. The van der Waals surface area contributed by atoms with Gasteiger partial charge in [0.2, 0.25) is 0 Å². The lowest BCUT2D eigenvalue weighted by Crippen LogP contribution is -2.41. The van der Waals surface area contributed by atoms with Crippen molar-refractivity contribution in [3.8, 4) is 0 Å². The van der Waals surface area contributed by atoms with E-state index in [0.29, 0.717) is 0 Å². The van der Waals surface area contributed by atoms with Gasteiger partial charge in [-0.1, -0.05) is 12.8 Å². The molecule has 5 nitrogen and oxygen atoms in total. The van der Waals surface area contributed by atoms with Gasteiger partial charge in [-0.05, 0) is 12.8 Å². The second-order valence-corrected chi connectivity index (χ2v) is 3.55. The van der Waals surface area contributed by atoms with E-state index >= 15 is 0 Å². The highest BCUT2D eigenvalue weighted by Crippen LogP contribution is 2.36. The molecular weight excluding hydrogens is 182 g/mol. The maximum Gasteiger partial charge on any atom is 0.335 e. The zero-order valence-electron chi connectivity index (χ0n) is 8.14. The number of rotatable bonds is 2. The topological polar surface area (TPSA) is 57.0 Å². The molecular formula is C9H13N3O2. The number of hydrogen-bond acceptors (Lipinski definition) is 4. The third-order valence-corrected chi connectivity index (χ3v) is 2.80. The zero-order valence-corrected chi connectivity index (χ0v) is 8.14. The van der Waals surface area contributed by atoms with Gasteiger partial charge in [-0.3, -0.25) is 0 Å². The van der Waals surface area contributed by atoms with Gasteiger partial charge in [0, 0.05) is 0 Å². The lowest BCUT2D eigenvalue weighted by molar-refractivity contribution is -0.152. The molecule has 1 fully saturated rings. The van der Waals surface area contributed by atoms with E-state index in [1.807, 2.05) is 0 Å². The Balaban J connectivity index is 2.36. The van der Waals surface area contributed by atoms with E-state index in [-0.39, 0.29) is 5.97 Å². The number of esters is 1. The lowest BCUT2D eigenvalue weighted by Gasteiger charge is -2.24. The summed E-state index contributed by atoms with van der Waals surface area (Å²) in [6.07, 6.45) is 6.77. The Morgan fingerprint density at radius 1 is 1.36 bits per heavy atom. The second kappa shape index (κ2) is 3.40. The fourth-order valence-electron chi connectivity index (χ4n) is 2.07. The van der Waals surface area contributed by atoms with Crippen molar-refractivity contribution in [3.63, 3.8) is 0 Å². The van der Waals surface area contributed by atoms with Crippen molar-refractivity contribution in [2.24, 2.45) is 0 Å². The minimum absolute atomic E-state index is 0.230. The molecule has 0 spiro atoms. The lowest BCUT2D eigenvalue weighted by atomic mass is 9.99. The fraction of sp³-hybridized carbons (Fsp3) is 0.667. The van der Waals surface area contributed by atoms with Crippen molar-refractivity contribution in [2.45, 2.75) is 31.2 Å². The van der Waals surface area contributed by atoms with Crippen LogP contribution in [0.1, 0.15) is 25.7 Å². The van der Waals surface area contributed by atoms with Crippen LogP contribution in [0.3, 0.4) is 0 Å². The van der Waals surface area contributed by atoms with Crippen LogP contribution >= 0.6 is 0 Å². The summed E-state index contributed by atoms with van der Waals surface area (Å²) >= 11 is 0. The molecule has 14 heavy (non-hydrogen) atoms. The maximum atomic E-state index is 11.7. The summed E-state index contributed by atoms with van der Waals surface area (Å²) in [5.74, 6) is -0.230. The molecule has 1 aliphatic carbocycles. The predicted octanol–water partition coefficient (Wildman–Crippen LogP) is 0.720. The van der Waals surface area contributed by atoms with E-state index in [1.54, 1.807) is 12.4 Å². The Kier molecular flexibility index (Phi) is 2.23. The smallest absolute Gasteiger partial charge is 0.335 e. The Hall–Kier alpha value is -1.39. The average molecular weight is 195 g/mol. The van der Waals surface area contributed by atoms with Crippen LogP contribution in [-0.4, -0.2) is 28.1 Å². The molecule has 1 aliphatic rings. The summed E-state index contributed by atoms with van der Waals surface area (Å²) in [6, 6.07) is 0. The van der Waals surface area contributed by atoms with Crippen LogP contribution in [0.25, 0.3) is 0 Å². The SMILES string of the molecule is COC(=O)C1(n2nccn2)CCCC1. The fourth-order valence-corrected chi connectivity index (χ4v) is 2.07. The Labute approximate surface area is 82.1 Å². The molecule has 0 radical (unpaired) electrons. The molecule has 5 heteroatoms. The van der Waals surface area contributed by atoms with Gasteiger partial charge in [-0.15, -0.1) is 0 Å². The maximum absolute atomic E-state index is 11.7. The third-order valence-electron chi connectivity index (χ3n) is 2.80. The van der Waals surface area contributed by atoms with E-state index in [9.17, 15) is 4.79 Å². The minimum atomic E-state index is -0.641. The standard InChI is InChI=1S/C9H13N3O2/c1-14-8(13)9(4-2-3-5-9)12-10-6-7-11-12/h6-7H,2-5H2,1H3. The van der Waals surface area contributed by atoms with Gasteiger partial charge in [0.15, 0.2) is 5.54 Å². The van der Waals surface area contributed by atoms with Crippen LogP contribution in [0.4, 0.5) is 0 Å².